The van der Waals surface area contributed by atoms with Crippen molar-refractivity contribution in [3.8, 4) is 0 Å². The Bertz CT molecular complexity index is 1380. The van der Waals surface area contributed by atoms with Crippen LogP contribution in [-0.4, -0.2) is 39.8 Å². The molecular weight excluding hydrogens is 499 g/mol. The maximum atomic E-state index is 12.9. The standard InChI is InChI=1S/C27H26N4OS.2ClH/c32-27(24-15-23-17-28-25-6-3-7-26(33-24)31(23)25)29-16-19-10-12-30(13-11-19)18-20-8-9-21-4-1-2-5-22(21)14-20;;/h1-9,14-15,17,19H,10-13,16,18H2,(H,29,32);2*1H. The molecule has 0 aliphatic carbocycles. The fourth-order valence-electron chi connectivity index (χ4n) is 4.87. The summed E-state index contributed by atoms with van der Waals surface area (Å²) in [5.41, 5.74) is 3.25. The minimum atomic E-state index is 0. The number of benzene rings is 2. The second-order valence-corrected chi connectivity index (χ2v) is 10.0. The van der Waals surface area contributed by atoms with Crippen molar-refractivity contribution in [3.63, 3.8) is 0 Å². The van der Waals surface area contributed by atoms with Gasteiger partial charge < -0.3 is 5.32 Å². The second kappa shape index (κ2) is 11.0. The van der Waals surface area contributed by atoms with Gasteiger partial charge in [-0.15, -0.1) is 24.8 Å². The van der Waals surface area contributed by atoms with Crippen LogP contribution in [0.25, 0.3) is 22.5 Å². The van der Waals surface area contributed by atoms with E-state index in [0.29, 0.717) is 5.92 Å². The molecule has 8 heteroatoms. The molecule has 4 aromatic rings. The molecule has 1 N–H and O–H groups in total. The van der Waals surface area contributed by atoms with Gasteiger partial charge in [-0.25, -0.2) is 4.98 Å². The number of aromatic nitrogens is 2. The molecule has 0 radical (unpaired) electrons. The van der Waals surface area contributed by atoms with Gasteiger partial charge in [0, 0.05) is 13.1 Å². The number of likely N-dealkylation sites (tertiary alicyclic amines) is 1. The molecule has 5 nitrogen and oxygen atoms in total. The molecule has 2 aromatic heterocycles. The largest absolute Gasteiger partial charge is 0.351 e. The third-order valence-electron chi connectivity index (χ3n) is 6.72. The van der Waals surface area contributed by atoms with Gasteiger partial charge in [0.15, 0.2) is 0 Å². The number of carbonyl (C=O) groups excluding carboxylic acids is 1. The predicted octanol–water partition coefficient (Wildman–Crippen LogP) is 5.81. The maximum Gasteiger partial charge on any atom is 0.258 e. The average molecular weight is 528 g/mol. The summed E-state index contributed by atoms with van der Waals surface area (Å²) < 4.78 is 2.09. The molecule has 0 saturated carbocycles. The fraction of sp³-hybridized carbons (Fsp3) is 0.259. The van der Waals surface area contributed by atoms with E-state index in [0.717, 1.165) is 60.3 Å². The SMILES string of the molecule is Cl.Cl.O=C(NCC1CCN(Cc2ccc3ccccc3c2)CC1)C1=Cc2cnc3cccc(n23)S1. The zero-order valence-corrected chi connectivity index (χ0v) is 21.7. The summed E-state index contributed by atoms with van der Waals surface area (Å²) in [5.74, 6) is 0.549. The van der Waals surface area contributed by atoms with E-state index in [-0.39, 0.29) is 30.7 Å². The minimum absolute atomic E-state index is 0. The Morgan fingerprint density at radius 3 is 2.63 bits per heavy atom. The van der Waals surface area contributed by atoms with E-state index in [4.69, 9.17) is 0 Å². The van der Waals surface area contributed by atoms with Gasteiger partial charge in [0.2, 0.25) is 0 Å². The molecule has 0 atom stereocenters. The lowest BCUT2D eigenvalue weighted by Gasteiger charge is -2.32. The molecular formula is C27H28Cl2N4OS. The number of halogens is 2. The number of fused-ring (bicyclic) bond motifs is 1. The Morgan fingerprint density at radius 2 is 1.80 bits per heavy atom. The highest BCUT2D eigenvalue weighted by Crippen LogP contribution is 2.34. The molecule has 2 aromatic carbocycles. The van der Waals surface area contributed by atoms with Crippen LogP contribution >= 0.6 is 36.6 Å². The van der Waals surface area contributed by atoms with E-state index in [2.05, 4.69) is 62.1 Å². The van der Waals surface area contributed by atoms with Crippen LogP contribution in [-0.2, 0) is 11.3 Å². The Kier molecular flexibility index (Phi) is 8.07. The van der Waals surface area contributed by atoms with Crippen LogP contribution in [0.4, 0.5) is 0 Å². The minimum Gasteiger partial charge on any atom is -0.351 e. The van der Waals surface area contributed by atoms with Crippen LogP contribution in [0.1, 0.15) is 24.1 Å². The molecule has 2 aliphatic rings. The molecule has 2 aliphatic heterocycles. The molecule has 182 valence electrons. The van der Waals surface area contributed by atoms with E-state index in [9.17, 15) is 4.79 Å². The van der Waals surface area contributed by atoms with Crippen LogP contribution in [0.3, 0.4) is 0 Å². The lowest BCUT2D eigenvalue weighted by molar-refractivity contribution is -0.117. The van der Waals surface area contributed by atoms with Crippen molar-refractivity contribution in [2.45, 2.75) is 24.4 Å². The number of hydrogen-bond donors (Lipinski definition) is 1. The summed E-state index contributed by atoms with van der Waals surface area (Å²) in [5, 5.41) is 6.82. The summed E-state index contributed by atoms with van der Waals surface area (Å²) in [6.45, 7) is 3.88. The number of rotatable bonds is 5. The highest BCUT2D eigenvalue weighted by atomic mass is 35.5. The van der Waals surface area contributed by atoms with Crippen LogP contribution in [0, 0.1) is 5.92 Å². The number of hydrogen-bond acceptors (Lipinski definition) is 4. The Labute approximate surface area is 221 Å². The first-order chi connectivity index (χ1) is 16.2. The quantitative estimate of drug-likeness (QED) is 0.356. The van der Waals surface area contributed by atoms with Crippen LogP contribution in [0.2, 0.25) is 0 Å². The number of amides is 1. The van der Waals surface area contributed by atoms with E-state index in [1.807, 2.05) is 30.5 Å². The molecule has 6 rings (SSSR count). The van der Waals surface area contributed by atoms with Crippen molar-refractivity contribution < 1.29 is 4.79 Å². The van der Waals surface area contributed by atoms with Gasteiger partial charge in [-0.05, 0) is 72.5 Å². The molecule has 0 spiro atoms. The number of nitrogens with zero attached hydrogens (tertiary/aromatic N) is 3. The van der Waals surface area contributed by atoms with Crippen LogP contribution in [0.5, 0.6) is 0 Å². The number of thioether (sulfide) groups is 1. The second-order valence-electron chi connectivity index (χ2n) is 8.96. The number of imidazole rings is 1. The lowest BCUT2D eigenvalue weighted by Crippen LogP contribution is -2.38. The molecule has 1 fully saturated rings. The van der Waals surface area contributed by atoms with Crippen molar-refractivity contribution in [2.24, 2.45) is 5.92 Å². The zero-order chi connectivity index (χ0) is 22.2. The van der Waals surface area contributed by atoms with E-state index >= 15 is 0 Å². The number of carbonyl (C=O) groups is 1. The Hall–Kier alpha value is -2.51. The average Bonchev–Trinajstić information content (AvgIpc) is 3.28. The van der Waals surface area contributed by atoms with Gasteiger partial charge in [0.1, 0.15) is 5.65 Å². The van der Waals surface area contributed by atoms with E-state index in [1.54, 1.807) is 0 Å². The number of piperidine rings is 1. The monoisotopic (exact) mass is 526 g/mol. The van der Waals surface area contributed by atoms with E-state index < -0.39 is 0 Å². The summed E-state index contributed by atoms with van der Waals surface area (Å²) in [4.78, 5) is 20.6. The summed E-state index contributed by atoms with van der Waals surface area (Å²) in [6.07, 6.45) is 6.01. The normalized spacial score (nSPS) is 15.8. The smallest absolute Gasteiger partial charge is 0.258 e. The zero-order valence-electron chi connectivity index (χ0n) is 19.2. The van der Waals surface area contributed by atoms with Crippen molar-refractivity contribution in [1.29, 1.82) is 0 Å². The molecule has 1 amide bonds. The van der Waals surface area contributed by atoms with E-state index in [1.165, 1.54) is 28.1 Å². The van der Waals surface area contributed by atoms with Crippen LogP contribution < -0.4 is 5.32 Å². The summed E-state index contributed by atoms with van der Waals surface area (Å²) >= 11 is 1.51. The highest BCUT2D eigenvalue weighted by Gasteiger charge is 2.23. The summed E-state index contributed by atoms with van der Waals surface area (Å²) in [6, 6.07) is 21.3. The predicted molar refractivity (Wildman–Crippen MR) is 148 cm³/mol. The third-order valence-corrected chi connectivity index (χ3v) is 7.77. The highest BCUT2D eigenvalue weighted by molar-refractivity contribution is 8.04. The van der Waals surface area contributed by atoms with Crippen LogP contribution in [0.15, 0.2) is 76.8 Å². The van der Waals surface area contributed by atoms with Gasteiger partial charge in [-0.3, -0.25) is 14.1 Å². The van der Waals surface area contributed by atoms with Crippen molar-refractivity contribution in [1.82, 2.24) is 19.6 Å². The van der Waals surface area contributed by atoms with Gasteiger partial charge in [0.25, 0.3) is 5.91 Å². The lowest BCUT2D eigenvalue weighted by atomic mass is 9.96. The first-order valence-corrected chi connectivity index (χ1v) is 12.4. The van der Waals surface area contributed by atoms with Gasteiger partial charge in [-0.1, -0.05) is 54.2 Å². The van der Waals surface area contributed by atoms with Gasteiger partial charge in [0.05, 0.1) is 21.8 Å². The first-order valence-electron chi connectivity index (χ1n) is 11.6. The Balaban J connectivity index is 0.00000144. The van der Waals surface area contributed by atoms with Crippen molar-refractivity contribution in [2.75, 3.05) is 19.6 Å². The topological polar surface area (TPSA) is 49.6 Å². The Morgan fingerprint density at radius 1 is 1.00 bits per heavy atom. The fourth-order valence-corrected chi connectivity index (χ4v) is 5.87. The molecule has 4 heterocycles. The van der Waals surface area contributed by atoms with Crippen molar-refractivity contribution in [3.05, 3.63) is 83.0 Å². The molecule has 35 heavy (non-hydrogen) atoms. The molecule has 0 bridgehead atoms. The number of pyridine rings is 1. The third kappa shape index (κ3) is 5.36. The van der Waals surface area contributed by atoms with Gasteiger partial charge in [-0.2, -0.15) is 0 Å². The van der Waals surface area contributed by atoms with Crippen molar-refractivity contribution >= 4 is 65.0 Å². The molecule has 0 unspecified atom stereocenters. The molecule has 1 saturated heterocycles. The summed E-state index contributed by atoms with van der Waals surface area (Å²) in [7, 11) is 0. The maximum absolute atomic E-state index is 12.9. The number of nitrogens with one attached hydrogen (secondary N) is 1. The first kappa shape index (κ1) is 25.6. The van der Waals surface area contributed by atoms with Gasteiger partial charge >= 0.3 is 0 Å².